The third-order valence-electron chi connectivity index (χ3n) is 2.43. The number of nitrogens with one attached hydrogen (secondary N) is 1. The van der Waals surface area contributed by atoms with Crippen molar-refractivity contribution in [3.05, 3.63) is 41.2 Å². The Labute approximate surface area is 89.0 Å². The summed E-state index contributed by atoms with van der Waals surface area (Å²) >= 11 is 5.94. The minimum absolute atomic E-state index is 0.575. The molecule has 0 saturated heterocycles. The van der Waals surface area contributed by atoms with E-state index in [1.54, 1.807) is 6.20 Å². The van der Waals surface area contributed by atoms with Crippen molar-refractivity contribution in [3.63, 3.8) is 0 Å². The highest BCUT2D eigenvalue weighted by molar-refractivity contribution is 6.30. The zero-order valence-electron chi connectivity index (χ0n) is 7.91. The Bertz CT molecular complexity index is 328. The third kappa shape index (κ3) is 2.34. The summed E-state index contributed by atoms with van der Waals surface area (Å²) in [6.45, 7) is 0.805. The molecule has 3 heteroatoms. The van der Waals surface area contributed by atoms with Gasteiger partial charge in [0.25, 0.3) is 0 Å². The SMILES string of the molecule is Clc1ncccc1CNC1CC=CC1. The lowest BCUT2D eigenvalue weighted by atomic mass is 10.2. The molecule has 1 aromatic rings. The maximum atomic E-state index is 5.94. The third-order valence-corrected chi connectivity index (χ3v) is 2.77. The molecule has 1 aliphatic rings. The van der Waals surface area contributed by atoms with Gasteiger partial charge in [-0.25, -0.2) is 4.98 Å². The van der Waals surface area contributed by atoms with Gasteiger partial charge < -0.3 is 5.32 Å². The van der Waals surface area contributed by atoms with Crippen molar-refractivity contribution in [2.75, 3.05) is 0 Å². The first-order valence-electron chi connectivity index (χ1n) is 4.84. The summed E-state index contributed by atoms with van der Waals surface area (Å²) in [5.74, 6) is 0. The van der Waals surface area contributed by atoms with E-state index in [0.717, 1.165) is 24.9 Å². The predicted octanol–water partition coefficient (Wildman–Crippen LogP) is 2.54. The Kier molecular flexibility index (Phi) is 3.17. The quantitative estimate of drug-likeness (QED) is 0.610. The largest absolute Gasteiger partial charge is 0.309 e. The highest BCUT2D eigenvalue weighted by atomic mass is 35.5. The van der Waals surface area contributed by atoms with E-state index in [4.69, 9.17) is 11.6 Å². The Hall–Kier alpha value is -0.860. The van der Waals surface area contributed by atoms with Crippen LogP contribution in [0.5, 0.6) is 0 Å². The normalized spacial score (nSPS) is 16.4. The number of halogens is 1. The van der Waals surface area contributed by atoms with Gasteiger partial charge in [0.05, 0.1) is 0 Å². The molecule has 0 aromatic carbocycles. The van der Waals surface area contributed by atoms with E-state index in [1.165, 1.54) is 0 Å². The van der Waals surface area contributed by atoms with Crippen LogP contribution in [0.4, 0.5) is 0 Å². The summed E-state index contributed by atoms with van der Waals surface area (Å²) in [5.41, 5.74) is 1.07. The molecule has 0 atom stereocenters. The van der Waals surface area contributed by atoms with Gasteiger partial charge in [-0.1, -0.05) is 29.8 Å². The Morgan fingerprint density at radius 3 is 2.93 bits per heavy atom. The van der Waals surface area contributed by atoms with Crippen LogP contribution in [0.2, 0.25) is 5.15 Å². The molecular formula is C11H13ClN2. The molecule has 74 valence electrons. The molecule has 1 heterocycles. The first kappa shape index (κ1) is 9.69. The van der Waals surface area contributed by atoms with E-state index in [-0.39, 0.29) is 0 Å². The Morgan fingerprint density at radius 2 is 2.21 bits per heavy atom. The fourth-order valence-electron chi connectivity index (χ4n) is 1.59. The number of aromatic nitrogens is 1. The summed E-state index contributed by atoms with van der Waals surface area (Å²) in [7, 11) is 0. The molecule has 1 N–H and O–H groups in total. The smallest absolute Gasteiger partial charge is 0.133 e. The molecule has 14 heavy (non-hydrogen) atoms. The lowest BCUT2D eigenvalue weighted by Gasteiger charge is -2.11. The molecule has 2 nitrogen and oxygen atoms in total. The van der Waals surface area contributed by atoms with E-state index in [1.807, 2.05) is 12.1 Å². The van der Waals surface area contributed by atoms with Crippen LogP contribution in [0, 0.1) is 0 Å². The second-order valence-electron chi connectivity index (χ2n) is 3.47. The van der Waals surface area contributed by atoms with Crippen molar-refractivity contribution in [2.24, 2.45) is 0 Å². The zero-order valence-corrected chi connectivity index (χ0v) is 8.67. The molecule has 0 fully saturated rings. The van der Waals surface area contributed by atoms with Crippen LogP contribution in [0.3, 0.4) is 0 Å². The van der Waals surface area contributed by atoms with Crippen LogP contribution in [0.25, 0.3) is 0 Å². The number of rotatable bonds is 3. The predicted molar refractivity (Wildman–Crippen MR) is 58.2 cm³/mol. The van der Waals surface area contributed by atoms with Crippen LogP contribution in [0.1, 0.15) is 18.4 Å². The number of nitrogens with zero attached hydrogens (tertiary/aromatic N) is 1. The van der Waals surface area contributed by atoms with E-state index in [2.05, 4.69) is 22.5 Å². The minimum atomic E-state index is 0.575. The lowest BCUT2D eigenvalue weighted by Crippen LogP contribution is -2.25. The van der Waals surface area contributed by atoms with E-state index in [0.29, 0.717) is 11.2 Å². The molecule has 0 radical (unpaired) electrons. The maximum Gasteiger partial charge on any atom is 0.133 e. The van der Waals surface area contributed by atoms with Crippen molar-refractivity contribution in [2.45, 2.75) is 25.4 Å². The molecule has 1 aliphatic carbocycles. The van der Waals surface area contributed by atoms with Gasteiger partial charge in [-0.05, 0) is 18.9 Å². The second-order valence-corrected chi connectivity index (χ2v) is 3.83. The summed E-state index contributed by atoms with van der Waals surface area (Å²) in [4.78, 5) is 4.03. The van der Waals surface area contributed by atoms with Crippen molar-refractivity contribution in [1.29, 1.82) is 0 Å². The lowest BCUT2D eigenvalue weighted by molar-refractivity contribution is 0.538. The zero-order chi connectivity index (χ0) is 9.80. The van der Waals surface area contributed by atoms with Crippen molar-refractivity contribution < 1.29 is 0 Å². The molecule has 2 rings (SSSR count). The van der Waals surface area contributed by atoms with Crippen LogP contribution < -0.4 is 5.32 Å². The van der Waals surface area contributed by atoms with Gasteiger partial charge in [0.15, 0.2) is 0 Å². The standard InChI is InChI=1S/C11H13ClN2/c12-11-9(4-3-7-13-11)8-14-10-5-1-2-6-10/h1-4,7,10,14H,5-6,8H2. The molecule has 0 bridgehead atoms. The van der Waals surface area contributed by atoms with Crippen LogP contribution in [-0.4, -0.2) is 11.0 Å². The molecule has 0 saturated carbocycles. The minimum Gasteiger partial charge on any atom is -0.309 e. The molecule has 0 amide bonds. The monoisotopic (exact) mass is 208 g/mol. The molecule has 0 spiro atoms. The van der Waals surface area contributed by atoms with Crippen molar-refractivity contribution >= 4 is 11.6 Å². The van der Waals surface area contributed by atoms with Crippen LogP contribution in [-0.2, 0) is 6.54 Å². The van der Waals surface area contributed by atoms with Gasteiger partial charge in [0.2, 0.25) is 0 Å². The summed E-state index contributed by atoms with van der Waals surface area (Å²) in [6, 6.07) is 4.49. The first-order valence-corrected chi connectivity index (χ1v) is 5.22. The van der Waals surface area contributed by atoms with E-state index < -0.39 is 0 Å². The first-order chi connectivity index (χ1) is 6.86. The summed E-state index contributed by atoms with van der Waals surface area (Å²) < 4.78 is 0. The fourth-order valence-corrected chi connectivity index (χ4v) is 1.78. The maximum absolute atomic E-state index is 5.94. The van der Waals surface area contributed by atoms with Gasteiger partial charge in [-0.2, -0.15) is 0 Å². The molecule has 1 aromatic heterocycles. The Morgan fingerprint density at radius 1 is 1.43 bits per heavy atom. The Balaban J connectivity index is 1.88. The number of pyridine rings is 1. The number of hydrogen-bond acceptors (Lipinski definition) is 2. The van der Waals surface area contributed by atoms with Gasteiger partial charge >= 0.3 is 0 Å². The molecule has 0 aliphatic heterocycles. The second kappa shape index (κ2) is 4.58. The van der Waals surface area contributed by atoms with Gasteiger partial charge in [-0.3, -0.25) is 0 Å². The molecular weight excluding hydrogens is 196 g/mol. The van der Waals surface area contributed by atoms with Crippen molar-refractivity contribution in [3.8, 4) is 0 Å². The van der Waals surface area contributed by atoms with Gasteiger partial charge in [0.1, 0.15) is 5.15 Å². The molecule has 0 unspecified atom stereocenters. The summed E-state index contributed by atoms with van der Waals surface area (Å²) in [5, 5.41) is 4.05. The van der Waals surface area contributed by atoms with Gasteiger partial charge in [0, 0.05) is 24.3 Å². The highest BCUT2D eigenvalue weighted by Crippen LogP contribution is 2.14. The number of hydrogen-bond donors (Lipinski definition) is 1. The summed E-state index contributed by atoms with van der Waals surface area (Å²) in [6.07, 6.45) is 8.38. The average molecular weight is 209 g/mol. The van der Waals surface area contributed by atoms with Crippen LogP contribution >= 0.6 is 11.6 Å². The van der Waals surface area contributed by atoms with Crippen molar-refractivity contribution in [1.82, 2.24) is 10.3 Å². The van der Waals surface area contributed by atoms with E-state index >= 15 is 0 Å². The average Bonchev–Trinajstić information content (AvgIpc) is 2.69. The highest BCUT2D eigenvalue weighted by Gasteiger charge is 2.09. The van der Waals surface area contributed by atoms with Crippen LogP contribution in [0.15, 0.2) is 30.5 Å². The fraction of sp³-hybridized carbons (Fsp3) is 0.364. The van der Waals surface area contributed by atoms with Gasteiger partial charge in [-0.15, -0.1) is 0 Å². The topological polar surface area (TPSA) is 24.9 Å². The van der Waals surface area contributed by atoms with E-state index in [9.17, 15) is 0 Å².